The van der Waals surface area contributed by atoms with Crippen LogP contribution in [0.25, 0.3) is 0 Å². The molecule has 1 unspecified atom stereocenters. The summed E-state index contributed by atoms with van der Waals surface area (Å²) >= 11 is 0. The number of nitrogens with one attached hydrogen (secondary N) is 1. The maximum absolute atomic E-state index is 5.75. The van der Waals surface area contributed by atoms with Gasteiger partial charge in [-0.2, -0.15) is 0 Å². The number of hydrogen-bond acceptors (Lipinski definition) is 5. The molecule has 0 aliphatic carbocycles. The number of hydrogen-bond donors (Lipinski definition) is 1. The number of nitrogens with zero attached hydrogens (tertiary/aromatic N) is 3. The van der Waals surface area contributed by atoms with E-state index >= 15 is 0 Å². The summed E-state index contributed by atoms with van der Waals surface area (Å²) in [7, 11) is 1.92. The van der Waals surface area contributed by atoms with E-state index in [1.807, 2.05) is 7.05 Å². The van der Waals surface area contributed by atoms with Gasteiger partial charge in [0.1, 0.15) is 17.5 Å². The summed E-state index contributed by atoms with van der Waals surface area (Å²) in [4.78, 5) is 11.9. The molecule has 1 fully saturated rings. The fourth-order valence-corrected chi connectivity index (χ4v) is 2.58. The molecule has 1 aliphatic heterocycles. The van der Waals surface area contributed by atoms with Crippen molar-refractivity contribution in [2.24, 2.45) is 0 Å². The van der Waals surface area contributed by atoms with Gasteiger partial charge in [0.15, 0.2) is 0 Å². The molecular formula is C16H28N4O. The van der Waals surface area contributed by atoms with Crippen LogP contribution in [0.2, 0.25) is 0 Å². The topological polar surface area (TPSA) is 50.3 Å². The zero-order chi connectivity index (χ0) is 15.6. The second-order valence-corrected chi connectivity index (χ2v) is 6.83. The highest BCUT2D eigenvalue weighted by atomic mass is 16.5. The summed E-state index contributed by atoms with van der Waals surface area (Å²) in [6.07, 6.45) is 1.27. The van der Waals surface area contributed by atoms with Crippen LogP contribution in [0.15, 0.2) is 0 Å². The van der Waals surface area contributed by atoms with E-state index in [9.17, 15) is 0 Å². The van der Waals surface area contributed by atoms with Gasteiger partial charge in [-0.15, -0.1) is 0 Å². The largest absolute Gasteiger partial charge is 0.377 e. The van der Waals surface area contributed by atoms with E-state index in [4.69, 9.17) is 9.72 Å². The third kappa shape index (κ3) is 3.64. The predicted octanol–water partition coefficient (Wildman–Crippen LogP) is 2.74. The van der Waals surface area contributed by atoms with Crippen molar-refractivity contribution in [3.63, 3.8) is 0 Å². The van der Waals surface area contributed by atoms with Crippen molar-refractivity contribution >= 4 is 11.6 Å². The standard InChI is InChI=1S/C16H28N4O/c1-11-10-20(8-7-9-21-11)14-12(2)13(17-6)18-15(19-14)16(3,4)5/h11H,7-10H2,1-6H3,(H,17,18,19). The van der Waals surface area contributed by atoms with Crippen molar-refractivity contribution in [3.05, 3.63) is 11.4 Å². The lowest BCUT2D eigenvalue weighted by Gasteiger charge is -2.28. The number of rotatable bonds is 2. The average Bonchev–Trinajstić information content (AvgIpc) is 2.62. The quantitative estimate of drug-likeness (QED) is 0.908. The maximum atomic E-state index is 5.75. The molecule has 0 amide bonds. The highest BCUT2D eigenvalue weighted by Crippen LogP contribution is 2.29. The van der Waals surface area contributed by atoms with Gasteiger partial charge in [0, 0.05) is 37.7 Å². The molecule has 1 aliphatic rings. The van der Waals surface area contributed by atoms with Gasteiger partial charge < -0.3 is 15.0 Å². The summed E-state index contributed by atoms with van der Waals surface area (Å²) in [5.74, 6) is 2.84. The van der Waals surface area contributed by atoms with Gasteiger partial charge in [0.2, 0.25) is 0 Å². The van der Waals surface area contributed by atoms with E-state index in [0.29, 0.717) is 0 Å². The van der Waals surface area contributed by atoms with Gasteiger partial charge in [-0.25, -0.2) is 9.97 Å². The van der Waals surface area contributed by atoms with Crippen molar-refractivity contribution in [3.8, 4) is 0 Å². The van der Waals surface area contributed by atoms with Crippen LogP contribution in [0.1, 0.15) is 45.5 Å². The maximum Gasteiger partial charge on any atom is 0.138 e. The summed E-state index contributed by atoms with van der Waals surface area (Å²) in [6, 6.07) is 0. The Labute approximate surface area is 128 Å². The molecule has 2 heterocycles. The van der Waals surface area contributed by atoms with Gasteiger partial charge in [0.05, 0.1) is 6.10 Å². The van der Waals surface area contributed by atoms with Gasteiger partial charge in [0.25, 0.3) is 0 Å². The molecule has 0 saturated carbocycles. The van der Waals surface area contributed by atoms with E-state index in [1.165, 1.54) is 0 Å². The first-order valence-corrected chi connectivity index (χ1v) is 7.76. The molecule has 1 aromatic rings. The molecule has 5 heteroatoms. The van der Waals surface area contributed by atoms with Crippen LogP contribution in [0.4, 0.5) is 11.6 Å². The van der Waals surface area contributed by atoms with E-state index in [2.05, 4.69) is 49.8 Å². The normalized spacial score (nSPS) is 20.3. The first-order chi connectivity index (χ1) is 9.82. The Hall–Kier alpha value is -1.36. The van der Waals surface area contributed by atoms with Crippen LogP contribution in [0.3, 0.4) is 0 Å². The second-order valence-electron chi connectivity index (χ2n) is 6.83. The summed E-state index contributed by atoms with van der Waals surface area (Å²) in [5, 5.41) is 3.21. The zero-order valence-corrected chi connectivity index (χ0v) is 14.2. The van der Waals surface area contributed by atoms with Gasteiger partial charge in [-0.3, -0.25) is 0 Å². The second kappa shape index (κ2) is 6.18. The van der Waals surface area contributed by atoms with E-state index in [0.717, 1.165) is 49.1 Å². The molecular weight excluding hydrogens is 264 g/mol. The smallest absolute Gasteiger partial charge is 0.138 e. The summed E-state index contributed by atoms with van der Waals surface area (Å²) < 4.78 is 5.75. The van der Waals surface area contributed by atoms with Gasteiger partial charge in [-0.05, 0) is 20.3 Å². The first kappa shape index (κ1) is 16.0. The molecule has 0 radical (unpaired) electrons. The Bertz CT molecular complexity index is 496. The average molecular weight is 292 g/mol. The van der Waals surface area contributed by atoms with Crippen LogP contribution >= 0.6 is 0 Å². The van der Waals surface area contributed by atoms with Crippen LogP contribution < -0.4 is 10.2 Å². The molecule has 5 nitrogen and oxygen atoms in total. The molecule has 118 valence electrons. The number of ether oxygens (including phenoxy) is 1. The summed E-state index contributed by atoms with van der Waals surface area (Å²) in [6.45, 7) is 13.3. The Morgan fingerprint density at radius 1 is 1.29 bits per heavy atom. The minimum atomic E-state index is -0.0674. The van der Waals surface area contributed by atoms with Crippen molar-refractivity contribution in [1.29, 1.82) is 0 Å². The van der Waals surface area contributed by atoms with Crippen LogP contribution in [-0.4, -0.2) is 42.8 Å². The van der Waals surface area contributed by atoms with Crippen LogP contribution in [0, 0.1) is 6.92 Å². The minimum Gasteiger partial charge on any atom is -0.377 e. The molecule has 1 atom stereocenters. The third-order valence-electron chi connectivity index (χ3n) is 3.78. The number of aromatic nitrogens is 2. The zero-order valence-electron chi connectivity index (χ0n) is 14.2. The van der Waals surface area contributed by atoms with Gasteiger partial charge in [-0.1, -0.05) is 20.8 Å². The van der Waals surface area contributed by atoms with E-state index in [-0.39, 0.29) is 11.5 Å². The highest BCUT2D eigenvalue weighted by Gasteiger charge is 2.24. The Balaban J connectivity index is 2.45. The lowest BCUT2D eigenvalue weighted by atomic mass is 9.95. The van der Waals surface area contributed by atoms with E-state index < -0.39 is 0 Å². The first-order valence-electron chi connectivity index (χ1n) is 7.76. The SMILES string of the molecule is CNc1nc(C(C)(C)C)nc(N2CCCOC(C)C2)c1C. The van der Waals surface area contributed by atoms with Crippen LogP contribution in [0.5, 0.6) is 0 Å². The molecule has 0 aromatic carbocycles. The third-order valence-corrected chi connectivity index (χ3v) is 3.78. The summed E-state index contributed by atoms with van der Waals surface area (Å²) in [5.41, 5.74) is 1.04. The minimum absolute atomic E-state index is 0.0674. The molecule has 1 saturated heterocycles. The monoisotopic (exact) mass is 292 g/mol. The highest BCUT2D eigenvalue weighted by molar-refractivity contribution is 5.59. The van der Waals surface area contributed by atoms with Crippen molar-refractivity contribution in [2.75, 3.05) is 37.0 Å². The lowest BCUT2D eigenvalue weighted by molar-refractivity contribution is 0.0820. The molecule has 0 bridgehead atoms. The Kier molecular flexibility index (Phi) is 4.71. The van der Waals surface area contributed by atoms with E-state index in [1.54, 1.807) is 0 Å². The van der Waals surface area contributed by atoms with Crippen molar-refractivity contribution in [1.82, 2.24) is 9.97 Å². The Morgan fingerprint density at radius 3 is 2.62 bits per heavy atom. The fraction of sp³-hybridized carbons (Fsp3) is 0.750. The Morgan fingerprint density at radius 2 is 2.00 bits per heavy atom. The van der Waals surface area contributed by atoms with Crippen molar-refractivity contribution in [2.45, 2.75) is 52.6 Å². The molecule has 2 rings (SSSR count). The predicted molar refractivity (Wildman–Crippen MR) is 87.3 cm³/mol. The van der Waals surface area contributed by atoms with Crippen LogP contribution in [-0.2, 0) is 10.2 Å². The molecule has 0 spiro atoms. The number of anilines is 2. The molecule has 1 N–H and O–H groups in total. The van der Waals surface area contributed by atoms with Crippen molar-refractivity contribution < 1.29 is 4.74 Å². The lowest BCUT2D eigenvalue weighted by Crippen LogP contribution is -2.32. The molecule has 21 heavy (non-hydrogen) atoms. The van der Waals surface area contributed by atoms with Gasteiger partial charge >= 0.3 is 0 Å². The fourth-order valence-electron chi connectivity index (χ4n) is 2.58. The molecule has 1 aromatic heterocycles.